The van der Waals surface area contributed by atoms with Gasteiger partial charge in [-0.1, -0.05) is 158 Å². The van der Waals surface area contributed by atoms with Gasteiger partial charge in [0.2, 0.25) is 0 Å². The highest BCUT2D eigenvalue weighted by atomic mass is 16.3. The zero-order valence-corrected chi connectivity index (χ0v) is 32.1. The Balaban J connectivity index is 1.12. The van der Waals surface area contributed by atoms with Crippen LogP contribution in [0.3, 0.4) is 0 Å². The van der Waals surface area contributed by atoms with Crippen molar-refractivity contribution in [3.63, 3.8) is 0 Å². The van der Waals surface area contributed by atoms with E-state index in [0.29, 0.717) is 0 Å². The van der Waals surface area contributed by atoms with Crippen LogP contribution in [-0.4, -0.2) is 4.57 Å². The monoisotopic (exact) mass is 752 g/mol. The van der Waals surface area contributed by atoms with Crippen molar-refractivity contribution in [1.29, 1.82) is 0 Å². The molecule has 0 saturated carbocycles. The summed E-state index contributed by atoms with van der Waals surface area (Å²) in [6, 6.07) is 78.8. The Kier molecular flexibility index (Phi) is 7.54. The van der Waals surface area contributed by atoms with Gasteiger partial charge in [0.25, 0.3) is 0 Å². The van der Waals surface area contributed by atoms with E-state index in [1.165, 1.54) is 54.5 Å². The van der Waals surface area contributed by atoms with E-state index in [1.807, 2.05) is 6.07 Å². The average molecular weight is 753 g/mol. The fourth-order valence-corrected chi connectivity index (χ4v) is 9.36. The Hall–Kier alpha value is -7.88. The van der Waals surface area contributed by atoms with E-state index in [2.05, 4.69) is 222 Å². The third-order valence-electron chi connectivity index (χ3n) is 12.0. The number of anilines is 3. The van der Waals surface area contributed by atoms with Crippen LogP contribution in [0.1, 0.15) is 0 Å². The minimum Gasteiger partial charge on any atom is -0.456 e. The Morgan fingerprint density at radius 3 is 1.68 bits per heavy atom. The highest BCUT2D eigenvalue weighted by Gasteiger charge is 2.23. The molecule has 12 aromatic rings. The van der Waals surface area contributed by atoms with Gasteiger partial charge in [-0.25, -0.2) is 0 Å². The lowest BCUT2D eigenvalue weighted by atomic mass is 9.94. The first kappa shape index (κ1) is 33.3. The molecule has 0 radical (unpaired) electrons. The van der Waals surface area contributed by atoms with Gasteiger partial charge in [-0.15, -0.1) is 0 Å². The van der Waals surface area contributed by atoms with Gasteiger partial charge in [-0.05, 0) is 98.9 Å². The molecule has 276 valence electrons. The molecule has 12 rings (SSSR count). The maximum atomic E-state index is 6.50. The zero-order chi connectivity index (χ0) is 38.9. The highest BCUT2D eigenvalue weighted by molar-refractivity contribution is 6.15. The first-order chi connectivity index (χ1) is 29.3. The molecule has 0 bridgehead atoms. The lowest BCUT2D eigenvalue weighted by Crippen LogP contribution is -2.11. The molecular weight excluding hydrogens is 717 g/mol. The van der Waals surface area contributed by atoms with Crippen molar-refractivity contribution in [3.8, 4) is 27.9 Å². The van der Waals surface area contributed by atoms with Gasteiger partial charge >= 0.3 is 0 Å². The Morgan fingerprint density at radius 1 is 0.356 bits per heavy atom. The molecular formula is C56H36N2O. The van der Waals surface area contributed by atoms with Gasteiger partial charge < -0.3 is 13.9 Å². The van der Waals surface area contributed by atoms with Crippen molar-refractivity contribution in [3.05, 3.63) is 218 Å². The van der Waals surface area contributed by atoms with E-state index in [1.54, 1.807) is 0 Å². The van der Waals surface area contributed by atoms with Crippen molar-refractivity contribution in [2.75, 3.05) is 4.90 Å². The summed E-state index contributed by atoms with van der Waals surface area (Å²) in [6.07, 6.45) is 0. The summed E-state index contributed by atoms with van der Waals surface area (Å²) in [4.78, 5) is 2.43. The number of aromatic nitrogens is 1. The quantitative estimate of drug-likeness (QED) is 0.169. The summed E-state index contributed by atoms with van der Waals surface area (Å²) in [7, 11) is 0. The third kappa shape index (κ3) is 5.29. The van der Waals surface area contributed by atoms with Gasteiger partial charge in [0.05, 0.1) is 27.8 Å². The molecule has 0 N–H and O–H groups in total. The zero-order valence-electron chi connectivity index (χ0n) is 32.1. The van der Waals surface area contributed by atoms with E-state index in [9.17, 15) is 0 Å². The van der Waals surface area contributed by atoms with Crippen LogP contribution in [0.4, 0.5) is 17.1 Å². The molecule has 59 heavy (non-hydrogen) atoms. The molecule has 0 aliphatic heterocycles. The number of hydrogen-bond donors (Lipinski definition) is 0. The molecule has 3 heteroatoms. The number of rotatable bonds is 6. The molecule has 10 aromatic carbocycles. The van der Waals surface area contributed by atoms with Crippen molar-refractivity contribution in [2.45, 2.75) is 0 Å². The number of benzene rings is 10. The summed E-state index contributed by atoms with van der Waals surface area (Å²) in [5.74, 6) is 0. The normalized spacial score (nSPS) is 11.7. The molecule has 0 aliphatic carbocycles. The molecule has 3 nitrogen and oxygen atoms in total. The smallest absolute Gasteiger partial charge is 0.137 e. The Labute approximate surface area is 341 Å². The molecule has 0 aliphatic rings. The van der Waals surface area contributed by atoms with E-state index < -0.39 is 0 Å². The number of furan rings is 1. The van der Waals surface area contributed by atoms with Crippen LogP contribution in [0.2, 0.25) is 0 Å². The SMILES string of the molecule is c1ccc(N(c2ccc(-c3cccc4ccccc34)cc2)c2cccc3oc4ccccc4c23)c(-c2cc(-n3c4ccccc4c4ccccc43)cc3ccccc23)c1. The number of hydrogen-bond acceptors (Lipinski definition) is 2. The molecule has 0 amide bonds. The molecule has 0 spiro atoms. The summed E-state index contributed by atoms with van der Waals surface area (Å²) in [5, 5.41) is 9.53. The van der Waals surface area contributed by atoms with Crippen molar-refractivity contribution in [2.24, 2.45) is 0 Å². The van der Waals surface area contributed by atoms with Crippen LogP contribution in [0, 0.1) is 0 Å². The molecule has 0 fully saturated rings. The lowest BCUT2D eigenvalue weighted by Gasteiger charge is -2.29. The average Bonchev–Trinajstić information content (AvgIpc) is 3.86. The van der Waals surface area contributed by atoms with E-state index in [0.717, 1.165) is 55.8 Å². The predicted octanol–water partition coefficient (Wildman–Crippen LogP) is 15.8. The standard InChI is InChI=1S/C56H36N2O/c1-3-18-42-37(15-1)17-13-24-43(42)38-31-33-40(34-32-38)57(53-28-14-30-55-56(53)48-23-8-12-29-54(48)59-55)52-27-11-7-22-47(52)49-36-41(35-39-16-2-4-19-44(39)49)58-50-25-9-5-20-45(50)46-21-6-10-26-51(46)58/h1-36H. The maximum Gasteiger partial charge on any atom is 0.137 e. The first-order valence-corrected chi connectivity index (χ1v) is 20.2. The maximum absolute atomic E-state index is 6.50. The summed E-state index contributed by atoms with van der Waals surface area (Å²) in [5.41, 5.74) is 13.1. The van der Waals surface area contributed by atoms with Crippen molar-refractivity contribution in [1.82, 2.24) is 4.57 Å². The fraction of sp³-hybridized carbons (Fsp3) is 0. The van der Waals surface area contributed by atoms with Gasteiger partial charge in [-0.3, -0.25) is 0 Å². The van der Waals surface area contributed by atoms with E-state index in [-0.39, 0.29) is 0 Å². The van der Waals surface area contributed by atoms with Crippen LogP contribution >= 0.6 is 0 Å². The van der Waals surface area contributed by atoms with Gasteiger partial charge in [-0.2, -0.15) is 0 Å². The van der Waals surface area contributed by atoms with Gasteiger partial charge in [0.15, 0.2) is 0 Å². The van der Waals surface area contributed by atoms with Gasteiger partial charge in [0.1, 0.15) is 11.2 Å². The lowest BCUT2D eigenvalue weighted by molar-refractivity contribution is 0.669. The van der Waals surface area contributed by atoms with E-state index in [4.69, 9.17) is 4.42 Å². The van der Waals surface area contributed by atoms with Crippen molar-refractivity contribution < 1.29 is 4.42 Å². The van der Waals surface area contributed by atoms with Crippen LogP contribution in [0.5, 0.6) is 0 Å². The number of fused-ring (bicyclic) bond motifs is 8. The Bertz CT molecular complexity index is 3510. The topological polar surface area (TPSA) is 21.3 Å². The van der Waals surface area contributed by atoms with E-state index >= 15 is 0 Å². The summed E-state index contributed by atoms with van der Waals surface area (Å²) >= 11 is 0. The molecule has 0 atom stereocenters. The van der Waals surface area contributed by atoms with Crippen LogP contribution in [-0.2, 0) is 0 Å². The van der Waals surface area contributed by atoms with Crippen molar-refractivity contribution >= 4 is 82.4 Å². The minimum atomic E-state index is 0.859. The third-order valence-corrected chi connectivity index (χ3v) is 12.0. The summed E-state index contributed by atoms with van der Waals surface area (Å²) in [6.45, 7) is 0. The fourth-order valence-electron chi connectivity index (χ4n) is 9.36. The summed E-state index contributed by atoms with van der Waals surface area (Å²) < 4.78 is 8.93. The molecule has 0 unspecified atom stereocenters. The second-order valence-corrected chi connectivity index (χ2v) is 15.3. The number of para-hydroxylation sites is 4. The van der Waals surface area contributed by atoms with Crippen LogP contribution < -0.4 is 4.90 Å². The molecule has 2 aromatic heterocycles. The molecule has 2 heterocycles. The Morgan fingerprint density at radius 2 is 0.898 bits per heavy atom. The van der Waals surface area contributed by atoms with Gasteiger partial charge in [0, 0.05) is 33.1 Å². The van der Waals surface area contributed by atoms with Crippen LogP contribution in [0.15, 0.2) is 223 Å². The second kappa shape index (κ2) is 13.4. The highest BCUT2D eigenvalue weighted by Crippen LogP contribution is 2.48. The second-order valence-electron chi connectivity index (χ2n) is 15.3. The minimum absolute atomic E-state index is 0.859. The number of nitrogens with zero attached hydrogens (tertiary/aromatic N) is 2. The molecule has 0 saturated heterocycles. The first-order valence-electron chi connectivity index (χ1n) is 20.2. The predicted molar refractivity (Wildman–Crippen MR) is 249 cm³/mol. The van der Waals surface area contributed by atoms with Crippen LogP contribution in [0.25, 0.3) is 93.2 Å². The largest absolute Gasteiger partial charge is 0.456 e.